The van der Waals surface area contributed by atoms with Gasteiger partial charge in [-0.3, -0.25) is 4.79 Å². The molecule has 0 heterocycles. The minimum absolute atomic E-state index is 0.0315. The summed E-state index contributed by atoms with van der Waals surface area (Å²) in [6.45, 7) is 0. The predicted octanol–water partition coefficient (Wildman–Crippen LogP) is 4.45. The molecule has 0 aliphatic carbocycles. The summed E-state index contributed by atoms with van der Waals surface area (Å²) in [5.41, 5.74) is 9.95. The molecule has 3 aromatic rings. The number of nitrogens with two attached hydrogens (primary N) is 1. The fourth-order valence-corrected chi connectivity index (χ4v) is 3.11. The molecule has 5 nitrogen and oxygen atoms in total. The van der Waals surface area contributed by atoms with Crippen molar-refractivity contribution >= 4 is 29.4 Å². The second kappa shape index (κ2) is 9.53. The van der Waals surface area contributed by atoms with E-state index in [1.807, 2.05) is 54.6 Å². The number of amidine groups is 1. The van der Waals surface area contributed by atoms with E-state index >= 15 is 0 Å². The summed E-state index contributed by atoms with van der Waals surface area (Å²) in [6.07, 6.45) is 2.26. The maximum absolute atomic E-state index is 10.8. The molecule has 0 radical (unpaired) electrons. The van der Waals surface area contributed by atoms with Crippen molar-refractivity contribution in [2.24, 2.45) is 15.9 Å². The van der Waals surface area contributed by atoms with Crippen molar-refractivity contribution in [3.05, 3.63) is 89.5 Å². The molecule has 6 heteroatoms. The van der Waals surface area contributed by atoms with Crippen molar-refractivity contribution in [2.75, 3.05) is 0 Å². The number of phenolic OH excluding ortho intramolecular Hbond substituents is 1. The quantitative estimate of drug-likeness (QED) is 0.282. The lowest BCUT2D eigenvalue weighted by Crippen LogP contribution is -2.05. The maximum atomic E-state index is 10.8. The van der Waals surface area contributed by atoms with Gasteiger partial charge in [0.2, 0.25) is 0 Å². The van der Waals surface area contributed by atoms with Gasteiger partial charge in [0.25, 0.3) is 0 Å². The molecule has 28 heavy (non-hydrogen) atoms. The molecule has 0 aromatic heterocycles. The molecule has 3 rings (SSSR count). The third-order valence-corrected chi connectivity index (χ3v) is 4.85. The Labute approximate surface area is 167 Å². The number of rotatable bonds is 6. The summed E-state index contributed by atoms with van der Waals surface area (Å²) >= 11 is 1.43. The van der Waals surface area contributed by atoms with Crippen LogP contribution in [-0.4, -0.2) is 22.8 Å². The number of hydrogen-bond donors (Lipinski definition) is 2. The number of carbonyl (C=O) groups is 1. The third-order valence-electron chi connectivity index (χ3n) is 3.99. The van der Waals surface area contributed by atoms with Crippen LogP contribution in [0.25, 0.3) is 11.1 Å². The minimum Gasteiger partial charge on any atom is -0.507 e. The Morgan fingerprint density at radius 1 is 1.00 bits per heavy atom. The molecule has 0 saturated carbocycles. The fraction of sp³-hybridized carbons (Fsp3) is 0.0455. The Balaban J connectivity index is 1.60. The number of aldehydes is 1. The Kier molecular flexibility index (Phi) is 6.59. The van der Waals surface area contributed by atoms with Crippen LogP contribution in [0.4, 0.5) is 0 Å². The van der Waals surface area contributed by atoms with E-state index < -0.39 is 0 Å². The molecule has 0 aliphatic rings. The van der Waals surface area contributed by atoms with Crippen LogP contribution in [0.5, 0.6) is 5.75 Å². The fourth-order valence-electron chi connectivity index (χ4n) is 2.50. The van der Waals surface area contributed by atoms with E-state index in [2.05, 4.69) is 10.2 Å². The van der Waals surface area contributed by atoms with Gasteiger partial charge in [0.15, 0.2) is 11.5 Å². The van der Waals surface area contributed by atoms with E-state index in [4.69, 9.17) is 5.73 Å². The lowest BCUT2D eigenvalue weighted by atomic mass is 10.0. The van der Waals surface area contributed by atoms with Crippen molar-refractivity contribution in [3.8, 4) is 16.9 Å². The van der Waals surface area contributed by atoms with Crippen LogP contribution in [0.3, 0.4) is 0 Å². The first-order chi connectivity index (χ1) is 13.7. The monoisotopic (exact) mass is 389 g/mol. The average Bonchev–Trinajstić information content (AvgIpc) is 2.73. The van der Waals surface area contributed by atoms with Crippen molar-refractivity contribution < 1.29 is 9.90 Å². The largest absolute Gasteiger partial charge is 0.507 e. The topological polar surface area (TPSA) is 88.0 Å². The Morgan fingerprint density at radius 2 is 1.71 bits per heavy atom. The second-order valence-electron chi connectivity index (χ2n) is 5.97. The number of aromatic hydroxyl groups is 1. The predicted molar refractivity (Wildman–Crippen MR) is 116 cm³/mol. The zero-order valence-electron chi connectivity index (χ0n) is 15.0. The highest BCUT2D eigenvalue weighted by atomic mass is 32.2. The van der Waals surface area contributed by atoms with Crippen LogP contribution in [-0.2, 0) is 5.75 Å². The summed E-state index contributed by atoms with van der Waals surface area (Å²) in [4.78, 5) is 10.8. The van der Waals surface area contributed by atoms with Gasteiger partial charge >= 0.3 is 0 Å². The van der Waals surface area contributed by atoms with E-state index in [1.54, 1.807) is 24.4 Å². The normalized spacial score (nSPS) is 11.6. The molecule has 0 amide bonds. The summed E-state index contributed by atoms with van der Waals surface area (Å²) in [6, 6.07) is 22.6. The number of benzene rings is 3. The molecular weight excluding hydrogens is 370 g/mol. The lowest BCUT2D eigenvalue weighted by molar-refractivity contribution is 0.112. The molecule has 0 unspecified atom stereocenters. The Bertz CT molecular complexity index is 1000. The molecule has 0 aliphatic heterocycles. The Hall–Kier alpha value is -3.38. The van der Waals surface area contributed by atoms with Crippen LogP contribution in [0, 0.1) is 0 Å². The van der Waals surface area contributed by atoms with Crippen LogP contribution >= 0.6 is 11.8 Å². The number of nitrogens with zero attached hydrogens (tertiary/aromatic N) is 2. The van der Waals surface area contributed by atoms with E-state index in [9.17, 15) is 9.90 Å². The van der Waals surface area contributed by atoms with E-state index in [1.165, 1.54) is 17.3 Å². The third kappa shape index (κ3) is 5.31. The van der Waals surface area contributed by atoms with E-state index in [0.717, 1.165) is 22.4 Å². The van der Waals surface area contributed by atoms with Crippen LogP contribution in [0.2, 0.25) is 0 Å². The van der Waals surface area contributed by atoms with Crippen molar-refractivity contribution in [1.82, 2.24) is 0 Å². The van der Waals surface area contributed by atoms with Crippen LogP contribution < -0.4 is 5.73 Å². The maximum Gasteiger partial charge on any atom is 0.180 e. The first-order valence-electron chi connectivity index (χ1n) is 8.57. The SMILES string of the molecule is NC(=NN=Cc1ccc(-c2ccc(C=O)c(O)c2)cc1)SCc1ccccc1. The van der Waals surface area contributed by atoms with Crippen LogP contribution in [0.1, 0.15) is 21.5 Å². The number of thioether (sulfide) groups is 1. The second-order valence-corrected chi connectivity index (χ2v) is 6.97. The number of phenols is 1. The lowest BCUT2D eigenvalue weighted by Gasteiger charge is -2.04. The molecular formula is C22H19N3O2S. The van der Waals surface area contributed by atoms with Gasteiger partial charge in [-0.1, -0.05) is 72.4 Å². The average molecular weight is 389 g/mol. The first kappa shape index (κ1) is 19.4. The van der Waals surface area contributed by atoms with Crippen molar-refractivity contribution in [2.45, 2.75) is 5.75 Å². The standard InChI is InChI=1S/C22H19N3O2S/c23-22(28-15-17-4-2-1-3-5-17)25-24-13-16-6-8-18(9-7-16)19-10-11-20(14-26)21(27)12-19/h1-14,27H,15H2,(H2,23,25). The smallest absolute Gasteiger partial charge is 0.180 e. The highest BCUT2D eigenvalue weighted by Gasteiger charge is 2.03. The Morgan fingerprint density at radius 3 is 2.39 bits per heavy atom. The highest BCUT2D eigenvalue weighted by molar-refractivity contribution is 8.13. The minimum atomic E-state index is -0.0315. The first-order valence-corrected chi connectivity index (χ1v) is 9.56. The highest BCUT2D eigenvalue weighted by Crippen LogP contribution is 2.25. The van der Waals surface area contributed by atoms with Crippen molar-refractivity contribution in [1.29, 1.82) is 0 Å². The van der Waals surface area contributed by atoms with Gasteiger partial charge in [0.05, 0.1) is 11.8 Å². The van der Waals surface area contributed by atoms with Gasteiger partial charge in [-0.15, -0.1) is 5.10 Å². The van der Waals surface area contributed by atoms with Gasteiger partial charge in [-0.2, -0.15) is 5.10 Å². The zero-order valence-corrected chi connectivity index (χ0v) is 15.8. The number of hydrogen-bond acceptors (Lipinski definition) is 5. The molecule has 3 N–H and O–H groups in total. The molecule has 0 bridgehead atoms. The summed E-state index contributed by atoms with van der Waals surface area (Å²) in [5, 5.41) is 18.3. The molecule has 0 fully saturated rings. The van der Waals surface area contributed by atoms with Crippen LogP contribution in [0.15, 0.2) is 83.0 Å². The van der Waals surface area contributed by atoms with Gasteiger partial charge in [0.1, 0.15) is 5.75 Å². The molecule has 3 aromatic carbocycles. The van der Waals surface area contributed by atoms with E-state index in [0.29, 0.717) is 11.5 Å². The van der Waals surface area contributed by atoms with Crippen molar-refractivity contribution in [3.63, 3.8) is 0 Å². The molecule has 140 valence electrons. The molecule has 0 atom stereocenters. The summed E-state index contributed by atoms with van der Waals surface area (Å²) in [5.74, 6) is 0.715. The van der Waals surface area contributed by atoms with E-state index in [-0.39, 0.29) is 11.3 Å². The zero-order chi connectivity index (χ0) is 19.8. The summed E-state index contributed by atoms with van der Waals surface area (Å²) in [7, 11) is 0. The van der Waals surface area contributed by atoms with Gasteiger partial charge in [-0.05, 0) is 34.4 Å². The summed E-state index contributed by atoms with van der Waals surface area (Å²) < 4.78 is 0. The van der Waals surface area contributed by atoms with Gasteiger partial charge in [-0.25, -0.2) is 0 Å². The molecule has 0 saturated heterocycles. The number of carbonyl (C=O) groups excluding carboxylic acids is 1. The molecule has 0 spiro atoms. The van der Waals surface area contributed by atoms with Gasteiger partial charge in [0, 0.05) is 5.75 Å². The van der Waals surface area contributed by atoms with Gasteiger partial charge < -0.3 is 10.8 Å².